The third-order valence-electron chi connectivity index (χ3n) is 4.07. The van der Waals surface area contributed by atoms with Gasteiger partial charge in [0, 0.05) is 19.1 Å². The van der Waals surface area contributed by atoms with Crippen LogP contribution in [0.4, 0.5) is 11.5 Å². The molecule has 0 aliphatic carbocycles. The minimum absolute atomic E-state index is 0.0392. The molecule has 0 saturated heterocycles. The van der Waals surface area contributed by atoms with Crippen molar-refractivity contribution in [2.75, 3.05) is 5.73 Å². The second kappa shape index (κ2) is 6.29. The lowest BCUT2D eigenvalue weighted by molar-refractivity contribution is -0.384. The molecule has 0 aliphatic heterocycles. The van der Waals surface area contributed by atoms with Gasteiger partial charge in [-0.2, -0.15) is 5.10 Å². The molecule has 0 saturated carbocycles. The fourth-order valence-electron chi connectivity index (χ4n) is 2.78. The van der Waals surface area contributed by atoms with Crippen LogP contribution >= 0.6 is 11.3 Å². The lowest BCUT2D eigenvalue weighted by Gasteiger charge is -2.04. The number of nitro benzene ring substituents is 1. The Morgan fingerprint density at radius 1 is 1.19 bits per heavy atom. The van der Waals surface area contributed by atoms with E-state index in [-0.39, 0.29) is 23.0 Å². The first kappa shape index (κ1) is 16.9. The molecule has 0 aliphatic rings. The quantitative estimate of drug-likeness (QED) is 0.327. The minimum Gasteiger partial charge on any atom is -0.383 e. The molecule has 2 heterocycles. The second-order valence-corrected chi connectivity index (χ2v) is 6.87. The van der Waals surface area contributed by atoms with E-state index in [4.69, 9.17) is 5.73 Å². The third kappa shape index (κ3) is 2.83. The summed E-state index contributed by atoms with van der Waals surface area (Å²) in [6.07, 6.45) is 0. The topological polar surface area (TPSA) is 117 Å². The Morgan fingerprint density at radius 3 is 2.52 bits per heavy atom. The summed E-state index contributed by atoms with van der Waals surface area (Å²) in [5, 5.41) is 15.8. The van der Waals surface area contributed by atoms with Gasteiger partial charge in [0.15, 0.2) is 5.78 Å². The molecule has 0 spiro atoms. The Hall–Kier alpha value is -3.59. The summed E-state index contributed by atoms with van der Waals surface area (Å²) in [7, 11) is 0. The number of ketones is 1. The van der Waals surface area contributed by atoms with Crippen molar-refractivity contribution < 1.29 is 9.72 Å². The smallest absolute Gasteiger partial charge is 0.269 e. The van der Waals surface area contributed by atoms with Crippen molar-refractivity contribution in [3.63, 3.8) is 0 Å². The van der Waals surface area contributed by atoms with Gasteiger partial charge in [-0.3, -0.25) is 14.9 Å². The van der Waals surface area contributed by atoms with Gasteiger partial charge in [0.2, 0.25) is 0 Å². The molecule has 0 bridgehead atoms. The number of nitrogens with two attached hydrogens (primary N) is 1. The normalized spacial score (nSPS) is 11.0. The number of hydrogen-bond acceptors (Lipinski definition) is 7. The van der Waals surface area contributed by atoms with E-state index in [9.17, 15) is 14.9 Å². The van der Waals surface area contributed by atoms with E-state index >= 15 is 0 Å². The van der Waals surface area contributed by atoms with Crippen molar-refractivity contribution in [2.45, 2.75) is 6.92 Å². The molecule has 2 N–H and O–H groups in total. The zero-order valence-electron chi connectivity index (χ0n) is 14.1. The van der Waals surface area contributed by atoms with Crippen LogP contribution in [0, 0.1) is 10.1 Å². The average molecular weight is 379 g/mol. The Kier molecular flexibility index (Phi) is 3.93. The van der Waals surface area contributed by atoms with E-state index < -0.39 is 4.92 Å². The van der Waals surface area contributed by atoms with E-state index in [0.717, 1.165) is 10.2 Å². The molecule has 4 aromatic rings. The number of nitrogen functional groups attached to an aromatic ring is 1. The number of Topliss-reactive ketones (excluding diaryl/α,β-unsaturated/α-hetero) is 1. The van der Waals surface area contributed by atoms with Crippen molar-refractivity contribution in [3.05, 3.63) is 64.3 Å². The molecule has 2 aromatic carbocycles. The summed E-state index contributed by atoms with van der Waals surface area (Å²) >= 11 is 1.43. The molecule has 0 amide bonds. The minimum atomic E-state index is -0.482. The molecule has 27 heavy (non-hydrogen) atoms. The van der Waals surface area contributed by atoms with Crippen LogP contribution < -0.4 is 5.73 Å². The van der Waals surface area contributed by atoms with Gasteiger partial charge in [-0.05, 0) is 24.3 Å². The van der Waals surface area contributed by atoms with E-state index in [1.807, 2.05) is 24.3 Å². The standard InChI is InChI=1S/C18H13N5O3S/c1-10(24)16-15(18-20-13-4-2-3-5-14(13)27-18)17(19)22(21-16)11-6-8-12(9-7-11)23(25)26/h2-9H,19H2,1H3. The van der Waals surface area contributed by atoms with Crippen molar-refractivity contribution >= 4 is 38.8 Å². The number of para-hydroxylation sites is 1. The number of non-ortho nitro benzene ring substituents is 1. The van der Waals surface area contributed by atoms with Crippen molar-refractivity contribution in [2.24, 2.45) is 0 Å². The zero-order chi connectivity index (χ0) is 19.1. The molecule has 0 atom stereocenters. The van der Waals surface area contributed by atoms with Crippen LogP contribution in [0.3, 0.4) is 0 Å². The van der Waals surface area contributed by atoms with Crippen LogP contribution in [0.2, 0.25) is 0 Å². The fraction of sp³-hybridized carbons (Fsp3) is 0.0556. The summed E-state index contributed by atoms with van der Waals surface area (Å²) < 4.78 is 2.38. The highest BCUT2D eigenvalue weighted by Crippen LogP contribution is 2.37. The number of thiazole rings is 1. The third-order valence-corrected chi connectivity index (χ3v) is 5.12. The van der Waals surface area contributed by atoms with Crippen molar-refractivity contribution in [1.29, 1.82) is 0 Å². The molecular weight excluding hydrogens is 366 g/mol. The highest BCUT2D eigenvalue weighted by atomic mass is 32.1. The van der Waals surface area contributed by atoms with E-state index in [1.165, 1.54) is 47.2 Å². The maximum absolute atomic E-state index is 12.2. The van der Waals surface area contributed by atoms with Gasteiger partial charge in [0.05, 0.1) is 26.4 Å². The van der Waals surface area contributed by atoms with Gasteiger partial charge in [-0.25, -0.2) is 9.67 Å². The molecule has 4 rings (SSSR count). The molecule has 134 valence electrons. The van der Waals surface area contributed by atoms with Gasteiger partial charge in [-0.15, -0.1) is 11.3 Å². The van der Waals surface area contributed by atoms with E-state index in [0.29, 0.717) is 16.3 Å². The Labute approximate surface area is 157 Å². The lowest BCUT2D eigenvalue weighted by atomic mass is 10.2. The van der Waals surface area contributed by atoms with E-state index in [1.54, 1.807) is 0 Å². The molecule has 0 unspecified atom stereocenters. The molecule has 0 radical (unpaired) electrons. The number of anilines is 1. The summed E-state index contributed by atoms with van der Waals surface area (Å²) in [6, 6.07) is 13.4. The van der Waals surface area contributed by atoms with Crippen LogP contribution in [-0.2, 0) is 0 Å². The molecule has 2 aromatic heterocycles. The summed E-state index contributed by atoms with van der Waals surface area (Å²) in [6.45, 7) is 1.42. The van der Waals surface area contributed by atoms with Gasteiger partial charge in [0.1, 0.15) is 16.5 Å². The first-order valence-electron chi connectivity index (χ1n) is 7.96. The van der Waals surface area contributed by atoms with Crippen LogP contribution in [0.25, 0.3) is 26.5 Å². The number of nitro groups is 1. The molecule has 8 nitrogen and oxygen atoms in total. The maximum atomic E-state index is 12.2. The van der Waals surface area contributed by atoms with Gasteiger partial charge < -0.3 is 5.73 Å². The second-order valence-electron chi connectivity index (χ2n) is 5.84. The number of benzene rings is 2. The Morgan fingerprint density at radius 2 is 1.89 bits per heavy atom. The average Bonchev–Trinajstić information content (AvgIpc) is 3.22. The van der Waals surface area contributed by atoms with E-state index in [2.05, 4.69) is 10.1 Å². The SMILES string of the molecule is CC(=O)c1nn(-c2ccc([N+](=O)[O-])cc2)c(N)c1-c1nc2ccccc2s1. The Bertz CT molecular complexity index is 1160. The zero-order valence-corrected chi connectivity index (χ0v) is 14.9. The van der Waals surface area contributed by atoms with Crippen LogP contribution in [0.5, 0.6) is 0 Å². The Balaban J connectivity index is 1.89. The summed E-state index contributed by atoms with van der Waals surface area (Å²) in [4.78, 5) is 27.1. The van der Waals surface area contributed by atoms with Crippen molar-refractivity contribution in [3.8, 4) is 16.3 Å². The first-order valence-corrected chi connectivity index (χ1v) is 8.77. The number of carbonyl (C=O) groups is 1. The predicted octanol–water partition coefficient (Wildman–Crippen LogP) is 3.84. The van der Waals surface area contributed by atoms with Crippen LogP contribution in [0.15, 0.2) is 48.5 Å². The van der Waals surface area contributed by atoms with Gasteiger partial charge >= 0.3 is 0 Å². The number of carbonyl (C=O) groups excluding carboxylic acids is 1. The highest BCUT2D eigenvalue weighted by molar-refractivity contribution is 7.21. The predicted molar refractivity (Wildman–Crippen MR) is 103 cm³/mol. The summed E-state index contributed by atoms with van der Waals surface area (Å²) in [5.74, 6) is 0.0183. The first-order chi connectivity index (χ1) is 13.0. The summed E-state index contributed by atoms with van der Waals surface area (Å²) in [5.41, 5.74) is 8.29. The molecular formula is C18H13N5O3S. The fourth-order valence-corrected chi connectivity index (χ4v) is 3.80. The highest BCUT2D eigenvalue weighted by Gasteiger charge is 2.24. The maximum Gasteiger partial charge on any atom is 0.269 e. The largest absolute Gasteiger partial charge is 0.383 e. The number of hydrogen-bond donors (Lipinski definition) is 1. The van der Waals surface area contributed by atoms with Gasteiger partial charge in [0.25, 0.3) is 5.69 Å². The monoisotopic (exact) mass is 379 g/mol. The molecule has 9 heteroatoms. The van der Waals surface area contributed by atoms with Crippen LogP contribution in [-0.4, -0.2) is 25.5 Å². The number of rotatable bonds is 4. The number of aromatic nitrogens is 3. The van der Waals surface area contributed by atoms with Crippen LogP contribution in [0.1, 0.15) is 17.4 Å². The number of fused-ring (bicyclic) bond motifs is 1. The van der Waals surface area contributed by atoms with Crippen molar-refractivity contribution in [1.82, 2.24) is 14.8 Å². The molecule has 0 fully saturated rings. The number of nitrogens with zero attached hydrogens (tertiary/aromatic N) is 4. The van der Waals surface area contributed by atoms with Gasteiger partial charge in [-0.1, -0.05) is 12.1 Å². The lowest BCUT2D eigenvalue weighted by Crippen LogP contribution is -2.03.